The van der Waals surface area contributed by atoms with Gasteiger partial charge in [-0.1, -0.05) is 23.7 Å². The molecule has 0 spiro atoms. The van der Waals surface area contributed by atoms with Crippen molar-refractivity contribution >= 4 is 17.7 Å². The number of carbonyl (C=O) groups is 1. The van der Waals surface area contributed by atoms with Gasteiger partial charge in [-0.2, -0.15) is 0 Å². The summed E-state index contributed by atoms with van der Waals surface area (Å²) in [7, 11) is 0. The molecule has 1 aliphatic carbocycles. The first-order valence-corrected chi connectivity index (χ1v) is 6.53. The Labute approximate surface area is 117 Å². The number of alkyl carbamates (subject to hydrolysis) is 1. The number of hydrogen-bond donors (Lipinski definition) is 1. The lowest BCUT2D eigenvalue weighted by atomic mass is 10.1. The molecule has 0 aromatic heterocycles. The fraction of sp³-hybridized carbons (Fsp3) is 0.500. The van der Waals surface area contributed by atoms with Crippen molar-refractivity contribution in [3.05, 3.63) is 34.9 Å². The molecule has 1 aromatic rings. The second-order valence-electron chi connectivity index (χ2n) is 5.78. The topological polar surface area (TPSA) is 38.3 Å². The SMILES string of the molecule is CC(C)(C)OC(=O)N[C@@H]1C[C@@]1(F)c1cccc(Cl)c1. The van der Waals surface area contributed by atoms with Gasteiger partial charge in [-0.25, -0.2) is 9.18 Å². The standard InChI is InChI=1S/C14H17ClFNO2/c1-13(2,3)19-12(18)17-11-8-14(11,16)9-5-4-6-10(15)7-9/h4-7,11H,8H2,1-3H3,(H,17,18)/t11-,14-/m1/s1. The number of nitrogens with one attached hydrogen (secondary N) is 1. The molecule has 2 atom stereocenters. The van der Waals surface area contributed by atoms with Crippen molar-refractivity contribution < 1.29 is 13.9 Å². The summed E-state index contributed by atoms with van der Waals surface area (Å²) in [6.07, 6.45) is -0.355. The summed E-state index contributed by atoms with van der Waals surface area (Å²) in [5, 5.41) is 3.02. The molecule has 0 heterocycles. The number of halogens is 2. The van der Waals surface area contributed by atoms with E-state index < -0.39 is 23.4 Å². The van der Waals surface area contributed by atoms with E-state index in [1.54, 1.807) is 45.0 Å². The molecule has 0 radical (unpaired) electrons. The Kier molecular flexibility index (Phi) is 3.47. The molecule has 104 valence electrons. The van der Waals surface area contributed by atoms with Crippen LogP contribution < -0.4 is 5.32 Å². The minimum absolute atomic E-state index is 0.243. The minimum atomic E-state index is -1.54. The second kappa shape index (κ2) is 4.67. The van der Waals surface area contributed by atoms with Crippen LogP contribution in [0.2, 0.25) is 5.02 Å². The highest BCUT2D eigenvalue weighted by atomic mass is 35.5. The monoisotopic (exact) mass is 285 g/mol. The summed E-state index contributed by atoms with van der Waals surface area (Å²) in [5.41, 5.74) is -1.64. The minimum Gasteiger partial charge on any atom is -0.444 e. The van der Waals surface area contributed by atoms with E-state index in [1.807, 2.05) is 0 Å². The fourth-order valence-electron chi connectivity index (χ4n) is 1.92. The number of ether oxygens (including phenoxy) is 1. The van der Waals surface area contributed by atoms with Crippen LogP contribution in [0.5, 0.6) is 0 Å². The van der Waals surface area contributed by atoms with Gasteiger partial charge in [0.1, 0.15) is 5.60 Å². The number of amides is 1. The number of alkyl halides is 1. The lowest BCUT2D eigenvalue weighted by Crippen LogP contribution is -2.35. The van der Waals surface area contributed by atoms with E-state index >= 15 is 0 Å². The first-order chi connectivity index (χ1) is 8.71. The van der Waals surface area contributed by atoms with Gasteiger partial charge in [0.15, 0.2) is 5.67 Å². The molecule has 0 unspecified atom stereocenters. The zero-order valence-corrected chi connectivity index (χ0v) is 11.9. The molecule has 1 fully saturated rings. The Balaban J connectivity index is 1.98. The number of hydrogen-bond acceptors (Lipinski definition) is 2. The molecule has 1 amide bonds. The fourth-order valence-corrected chi connectivity index (χ4v) is 2.11. The van der Waals surface area contributed by atoms with Crippen LogP contribution in [-0.2, 0) is 10.4 Å². The van der Waals surface area contributed by atoms with Crippen LogP contribution in [0.15, 0.2) is 24.3 Å². The zero-order valence-electron chi connectivity index (χ0n) is 11.2. The van der Waals surface area contributed by atoms with Crippen molar-refractivity contribution in [2.75, 3.05) is 0 Å². The van der Waals surface area contributed by atoms with E-state index in [9.17, 15) is 9.18 Å². The van der Waals surface area contributed by atoms with Gasteiger partial charge in [0.2, 0.25) is 0 Å². The maximum atomic E-state index is 14.5. The second-order valence-corrected chi connectivity index (χ2v) is 6.21. The van der Waals surface area contributed by atoms with Crippen LogP contribution >= 0.6 is 11.6 Å². The predicted molar refractivity (Wildman–Crippen MR) is 72.0 cm³/mol. The molecule has 1 aromatic carbocycles. The molecule has 19 heavy (non-hydrogen) atoms. The molecule has 2 rings (SSSR count). The molecule has 5 heteroatoms. The Morgan fingerprint density at radius 2 is 2.21 bits per heavy atom. The summed E-state index contributed by atoms with van der Waals surface area (Å²) in [6, 6.07) is 6.08. The van der Waals surface area contributed by atoms with Crippen LogP contribution in [0.1, 0.15) is 32.8 Å². The van der Waals surface area contributed by atoms with Crippen molar-refractivity contribution in [3.8, 4) is 0 Å². The van der Waals surface area contributed by atoms with Gasteiger partial charge >= 0.3 is 6.09 Å². The van der Waals surface area contributed by atoms with Crippen LogP contribution in [-0.4, -0.2) is 17.7 Å². The molecule has 0 saturated heterocycles. The maximum absolute atomic E-state index is 14.5. The molecule has 1 N–H and O–H groups in total. The van der Waals surface area contributed by atoms with Crippen molar-refractivity contribution in [1.29, 1.82) is 0 Å². The van der Waals surface area contributed by atoms with E-state index in [0.29, 0.717) is 10.6 Å². The van der Waals surface area contributed by atoms with E-state index in [1.165, 1.54) is 0 Å². The Morgan fingerprint density at radius 3 is 2.79 bits per heavy atom. The first kappa shape index (κ1) is 14.1. The Bertz CT molecular complexity index is 500. The zero-order chi connectivity index (χ0) is 14.3. The maximum Gasteiger partial charge on any atom is 0.407 e. The summed E-state index contributed by atoms with van der Waals surface area (Å²) in [4.78, 5) is 11.6. The van der Waals surface area contributed by atoms with Crippen LogP contribution in [0.4, 0.5) is 9.18 Å². The highest BCUT2D eigenvalue weighted by Crippen LogP contribution is 2.50. The lowest BCUT2D eigenvalue weighted by Gasteiger charge is -2.20. The van der Waals surface area contributed by atoms with E-state index in [2.05, 4.69) is 5.32 Å². The molecular weight excluding hydrogens is 269 g/mol. The average Bonchev–Trinajstić information content (AvgIpc) is 2.87. The largest absolute Gasteiger partial charge is 0.444 e. The summed E-state index contributed by atoms with van der Waals surface area (Å²) in [6.45, 7) is 5.29. The number of carbonyl (C=O) groups excluding carboxylic acids is 1. The molecule has 3 nitrogen and oxygen atoms in total. The Hall–Kier alpha value is -1.29. The average molecular weight is 286 g/mol. The normalized spacial score (nSPS) is 25.8. The van der Waals surface area contributed by atoms with Gasteiger partial charge < -0.3 is 10.1 Å². The third-order valence-corrected chi connectivity index (χ3v) is 3.12. The Morgan fingerprint density at radius 1 is 1.53 bits per heavy atom. The van der Waals surface area contributed by atoms with Crippen molar-refractivity contribution in [3.63, 3.8) is 0 Å². The number of rotatable bonds is 2. The van der Waals surface area contributed by atoms with Gasteiger partial charge in [-0.3, -0.25) is 0 Å². The van der Waals surface area contributed by atoms with Crippen molar-refractivity contribution in [2.24, 2.45) is 0 Å². The quantitative estimate of drug-likeness (QED) is 0.897. The van der Waals surface area contributed by atoms with Gasteiger partial charge in [-0.05, 0) is 38.5 Å². The lowest BCUT2D eigenvalue weighted by molar-refractivity contribution is 0.0511. The third kappa shape index (κ3) is 3.38. The smallest absolute Gasteiger partial charge is 0.407 e. The van der Waals surface area contributed by atoms with Gasteiger partial charge in [0.05, 0.1) is 6.04 Å². The van der Waals surface area contributed by atoms with E-state index in [-0.39, 0.29) is 6.42 Å². The predicted octanol–water partition coefficient (Wildman–Crippen LogP) is 3.80. The van der Waals surface area contributed by atoms with Crippen LogP contribution in [0.3, 0.4) is 0 Å². The van der Waals surface area contributed by atoms with Crippen LogP contribution in [0.25, 0.3) is 0 Å². The van der Waals surface area contributed by atoms with Crippen molar-refractivity contribution in [2.45, 2.75) is 44.5 Å². The van der Waals surface area contributed by atoms with Gasteiger partial charge in [0.25, 0.3) is 0 Å². The summed E-state index contributed by atoms with van der Waals surface area (Å²) in [5.74, 6) is 0. The first-order valence-electron chi connectivity index (χ1n) is 6.15. The molecule has 0 bridgehead atoms. The van der Waals surface area contributed by atoms with E-state index in [4.69, 9.17) is 16.3 Å². The highest BCUT2D eigenvalue weighted by Gasteiger charge is 2.58. The molecule has 0 aliphatic heterocycles. The number of benzene rings is 1. The van der Waals surface area contributed by atoms with Crippen molar-refractivity contribution in [1.82, 2.24) is 5.32 Å². The van der Waals surface area contributed by atoms with E-state index in [0.717, 1.165) is 0 Å². The molecular formula is C14H17ClFNO2. The third-order valence-electron chi connectivity index (χ3n) is 2.89. The molecule has 1 aliphatic rings. The van der Waals surface area contributed by atoms with Gasteiger partial charge in [0, 0.05) is 11.4 Å². The summed E-state index contributed by atoms with van der Waals surface area (Å²) < 4.78 is 19.6. The molecule has 1 saturated carbocycles. The summed E-state index contributed by atoms with van der Waals surface area (Å²) >= 11 is 5.84. The van der Waals surface area contributed by atoms with Gasteiger partial charge in [-0.15, -0.1) is 0 Å². The van der Waals surface area contributed by atoms with Crippen LogP contribution in [0, 0.1) is 0 Å². The highest BCUT2D eigenvalue weighted by molar-refractivity contribution is 6.30.